The third-order valence-electron chi connectivity index (χ3n) is 4.75. The van der Waals surface area contributed by atoms with Crippen molar-refractivity contribution in [2.24, 2.45) is 0 Å². The van der Waals surface area contributed by atoms with Crippen LogP contribution in [0.5, 0.6) is 0 Å². The zero-order chi connectivity index (χ0) is 16.4. The Bertz CT molecular complexity index is 813. The average Bonchev–Trinajstić information content (AvgIpc) is 2.68. The summed E-state index contributed by atoms with van der Waals surface area (Å²) in [6, 6.07) is 23.3. The van der Waals surface area contributed by atoms with Crippen molar-refractivity contribution in [2.45, 2.75) is 5.78 Å². The van der Waals surface area contributed by atoms with Crippen LogP contribution in [0.25, 0.3) is 10.9 Å². The summed E-state index contributed by atoms with van der Waals surface area (Å²) >= 11 is 0. The van der Waals surface area contributed by atoms with E-state index in [-0.39, 0.29) is 5.78 Å². The van der Waals surface area contributed by atoms with Crippen LogP contribution in [-0.2, 0) is 0 Å². The van der Waals surface area contributed by atoms with Crippen molar-refractivity contribution in [3.8, 4) is 0 Å². The van der Waals surface area contributed by atoms with Gasteiger partial charge in [-0.1, -0.05) is 42.5 Å². The molecule has 0 radical (unpaired) electrons. The first kappa shape index (κ1) is 15.6. The van der Waals surface area contributed by atoms with Gasteiger partial charge in [0, 0.05) is 37.3 Å². The second kappa shape index (κ2) is 6.88. The maximum Gasteiger partial charge on any atom is 0.0706 e. The van der Waals surface area contributed by atoms with Crippen molar-refractivity contribution >= 4 is 25.8 Å². The average molecular weight is 335 g/mol. The number of pyridine rings is 1. The van der Waals surface area contributed by atoms with Crippen molar-refractivity contribution in [2.75, 3.05) is 31.1 Å². The number of anilines is 1. The fourth-order valence-corrected chi connectivity index (χ4v) is 3.81. The Hall–Kier alpha value is -1.96. The molecule has 0 bridgehead atoms. The van der Waals surface area contributed by atoms with Crippen molar-refractivity contribution in [3.63, 3.8) is 0 Å². The molecule has 0 amide bonds. The number of nitrogens with zero attached hydrogens (tertiary/aromatic N) is 3. The van der Waals surface area contributed by atoms with Crippen LogP contribution in [-0.4, -0.2) is 36.1 Å². The Kier molecular flexibility index (Phi) is 4.46. The van der Waals surface area contributed by atoms with Gasteiger partial charge in [0.25, 0.3) is 0 Å². The highest BCUT2D eigenvalue weighted by Gasteiger charge is 2.23. The Morgan fingerprint density at radius 1 is 0.792 bits per heavy atom. The lowest BCUT2D eigenvalue weighted by Crippen LogP contribution is -2.46. The normalized spacial score (nSPS) is 17.1. The molecule has 4 heteroatoms. The summed E-state index contributed by atoms with van der Waals surface area (Å²) in [7, 11) is 2.98. The molecule has 3 nitrogen and oxygen atoms in total. The Labute approximate surface area is 145 Å². The summed E-state index contributed by atoms with van der Waals surface area (Å²) in [5, 5.41) is 1.20. The van der Waals surface area contributed by atoms with Crippen molar-refractivity contribution in [1.29, 1.82) is 0 Å². The van der Waals surface area contributed by atoms with Gasteiger partial charge in [0.15, 0.2) is 0 Å². The molecule has 0 N–H and O–H groups in total. The number of hydrogen-bond acceptors (Lipinski definition) is 3. The smallest absolute Gasteiger partial charge is 0.0706 e. The molecule has 1 aromatic heterocycles. The quantitative estimate of drug-likeness (QED) is 0.676. The topological polar surface area (TPSA) is 19.4 Å². The third-order valence-corrected chi connectivity index (χ3v) is 5.52. The molecule has 2 atom stereocenters. The first-order valence-electron chi connectivity index (χ1n) is 8.46. The van der Waals surface area contributed by atoms with Crippen LogP contribution < -0.4 is 4.90 Å². The van der Waals surface area contributed by atoms with Crippen molar-refractivity contribution in [1.82, 2.24) is 9.88 Å². The molecule has 122 valence electrons. The minimum Gasteiger partial charge on any atom is -0.369 e. The van der Waals surface area contributed by atoms with Crippen LogP contribution in [0.4, 0.5) is 5.69 Å². The number of hydrogen-bond donors (Lipinski definition) is 0. The Morgan fingerprint density at radius 2 is 1.50 bits per heavy atom. The summed E-state index contributed by atoms with van der Waals surface area (Å²) in [6.45, 7) is 4.22. The number of para-hydroxylation sites is 2. The van der Waals surface area contributed by atoms with Crippen LogP contribution in [0.2, 0.25) is 0 Å². The third kappa shape index (κ3) is 3.15. The number of fused-ring (bicyclic) bond motifs is 1. The van der Waals surface area contributed by atoms with E-state index in [1.54, 1.807) is 0 Å². The highest BCUT2D eigenvalue weighted by Crippen LogP contribution is 2.29. The first-order chi connectivity index (χ1) is 11.8. The van der Waals surface area contributed by atoms with Gasteiger partial charge in [0.1, 0.15) is 0 Å². The van der Waals surface area contributed by atoms with Gasteiger partial charge < -0.3 is 4.90 Å². The lowest BCUT2D eigenvalue weighted by Gasteiger charge is -2.38. The standard InChI is InChI=1S/C20H22N3P/c24-20(19-11-10-16-6-4-5-9-18(16)21-19)23-14-12-22(13-15-23)17-7-2-1-3-8-17/h1-11,20H,12-15,24H2. The lowest BCUT2D eigenvalue weighted by molar-refractivity contribution is 0.240. The summed E-state index contributed by atoms with van der Waals surface area (Å²) in [4.78, 5) is 9.81. The molecule has 2 aromatic carbocycles. The molecular weight excluding hydrogens is 313 g/mol. The first-order valence-corrected chi connectivity index (χ1v) is 9.13. The fourth-order valence-electron chi connectivity index (χ4n) is 3.33. The molecule has 24 heavy (non-hydrogen) atoms. The molecule has 2 unspecified atom stereocenters. The van der Waals surface area contributed by atoms with Gasteiger partial charge in [-0.15, -0.1) is 9.24 Å². The molecule has 2 heterocycles. The van der Waals surface area contributed by atoms with E-state index in [0.717, 1.165) is 37.4 Å². The van der Waals surface area contributed by atoms with Crippen LogP contribution in [0.15, 0.2) is 66.7 Å². The second-order valence-corrected chi connectivity index (χ2v) is 6.86. The van der Waals surface area contributed by atoms with E-state index in [2.05, 4.69) is 85.8 Å². The fraction of sp³-hybridized carbons (Fsp3) is 0.250. The van der Waals surface area contributed by atoms with E-state index >= 15 is 0 Å². The minimum atomic E-state index is 0.271. The molecule has 1 fully saturated rings. The minimum absolute atomic E-state index is 0.271. The summed E-state index contributed by atoms with van der Waals surface area (Å²) in [6.07, 6.45) is 0. The predicted octanol–water partition coefficient (Wildman–Crippen LogP) is 3.93. The van der Waals surface area contributed by atoms with Crippen molar-refractivity contribution in [3.05, 3.63) is 72.4 Å². The van der Waals surface area contributed by atoms with Gasteiger partial charge in [-0.3, -0.25) is 9.88 Å². The predicted molar refractivity (Wildman–Crippen MR) is 104 cm³/mol. The molecule has 0 aliphatic carbocycles. The SMILES string of the molecule is PC(c1ccc2ccccc2n1)N1CCN(c2ccccc2)CC1. The molecule has 1 aliphatic heterocycles. The van der Waals surface area contributed by atoms with Gasteiger partial charge in [-0.25, -0.2) is 0 Å². The van der Waals surface area contributed by atoms with Crippen LogP contribution >= 0.6 is 9.24 Å². The van der Waals surface area contributed by atoms with E-state index in [0.29, 0.717) is 0 Å². The van der Waals surface area contributed by atoms with Crippen LogP contribution in [0.3, 0.4) is 0 Å². The zero-order valence-electron chi connectivity index (χ0n) is 13.7. The van der Waals surface area contributed by atoms with Gasteiger partial charge in [0.05, 0.1) is 17.0 Å². The number of piperazine rings is 1. The van der Waals surface area contributed by atoms with Crippen LogP contribution in [0, 0.1) is 0 Å². The molecule has 1 aliphatic rings. The maximum absolute atomic E-state index is 4.85. The number of aromatic nitrogens is 1. The molecule has 4 rings (SSSR count). The second-order valence-electron chi connectivity index (χ2n) is 6.23. The van der Waals surface area contributed by atoms with Gasteiger partial charge >= 0.3 is 0 Å². The number of rotatable bonds is 3. The van der Waals surface area contributed by atoms with Gasteiger partial charge in [-0.2, -0.15) is 0 Å². The Morgan fingerprint density at radius 3 is 2.29 bits per heavy atom. The van der Waals surface area contributed by atoms with E-state index in [1.807, 2.05) is 0 Å². The summed E-state index contributed by atoms with van der Waals surface area (Å²) in [5.74, 6) is 0.271. The number of benzene rings is 2. The van der Waals surface area contributed by atoms with E-state index in [1.165, 1.54) is 11.1 Å². The Balaban J connectivity index is 1.46. The van der Waals surface area contributed by atoms with Gasteiger partial charge in [-0.05, 0) is 24.3 Å². The molecule has 3 aromatic rings. The monoisotopic (exact) mass is 335 g/mol. The highest BCUT2D eigenvalue weighted by atomic mass is 31.0. The molecule has 0 spiro atoms. The lowest BCUT2D eigenvalue weighted by atomic mass is 10.2. The van der Waals surface area contributed by atoms with Crippen LogP contribution in [0.1, 0.15) is 11.5 Å². The van der Waals surface area contributed by atoms with E-state index < -0.39 is 0 Å². The zero-order valence-corrected chi connectivity index (χ0v) is 14.8. The maximum atomic E-state index is 4.85. The molecular formula is C20H22N3P. The van der Waals surface area contributed by atoms with Gasteiger partial charge in [0.2, 0.25) is 0 Å². The summed E-state index contributed by atoms with van der Waals surface area (Å²) < 4.78 is 0. The molecule has 1 saturated heterocycles. The van der Waals surface area contributed by atoms with E-state index in [9.17, 15) is 0 Å². The van der Waals surface area contributed by atoms with Crippen molar-refractivity contribution < 1.29 is 0 Å². The highest BCUT2D eigenvalue weighted by molar-refractivity contribution is 7.17. The largest absolute Gasteiger partial charge is 0.369 e. The summed E-state index contributed by atoms with van der Waals surface area (Å²) in [5.41, 5.74) is 3.53. The molecule has 0 saturated carbocycles. The van der Waals surface area contributed by atoms with E-state index in [4.69, 9.17) is 4.98 Å².